The number of para-hydroxylation sites is 1. The summed E-state index contributed by atoms with van der Waals surface area (Å²) in [6.45, 7) is 4.47. The lowest BCUT2D eigenvalue weighted by molar-refractivity contribution is -0.112. The number of rotatable bonds is 7. The molecule has 0 heterocycles. The minimum Gasteiger partial charge on any atom is -0.389 e. The quantitative estimate of drug-likeness (QED) is 0.452. The number of carbonyl (C=O) groups is 1. The highest BCUT2D eigenvalue weighted by atomic mass is 19.1. The topological polar surface area (TPSA) is 64.9 Å². The van der Waals surface area contributed by atoms with E-state index in [0.717, 1.165) is 28.8 Å². The second-order valence-electron chi connectivity index (χ2n) is 5.92. The Hall–Kier alpha value is -3.13. The molecule has 0 saturated carbocycles. The average Bonchev–Trinajstić information content (AvgIpc) is 2.64. The van der Waals surface area contributed by atoms with Crippen molar-refractivity contribution in [2.24, 2.45) is 0 Å². The van der Waals surface area contributed by atoms with Crippen LogP contribution in [-0.4, -0.2) is 12.5 Å². The first kappa shape index (κ1) is 19.2. The van der Waals surface area contributed by atoms with Crippen LogP contribution in [0, 0.1) is 24.1 Å². The third-order valence-corrected chi connectivity index (χ3v) is 4.06. The highest BCUT2D eigenvalue weighted by molar-refractivity contribution is 6.07. The Labute approximate surface area is 153 Å². The van der Waals surface area contributed by atoms with Crippen LogP contribution in [-0.2, 0) is 17.6 Å². The zero-order chi connectivity index (χ0) is 18.9. The van der Waals surface area contributed by atoms with Gasteiger partial charge in [-0.05, 0) is 48.6 Å². The number of hydrogen-bond acceptors (Lipinski definition) is 3. The number of halogens is 1. The Kier molecular flexibility index (Phi) is 6.92. The van der Waals surface area contributed by atoms with Crippen LogP contribution in [0.3, 0.4) is 0 Å². The summed E-state index contributed by atoms with van der Waals surface area (Å²) < 4.78 is 12.9. The molecule has 0 aliphatic heterocycles. The van der Waals surface area contributed by atoms with E-state index in [-0.39, 0.29) is 11.4 Å². The minimum absolute atomic E-state index is 0.00872. The van der Waals surface area contributed by atoms with Crippen LogP contribution in [0.1, 0.15) is 23.6 Å². The molecule has 0 saturated heterocycles. The third kappa shape index (κ3) is 5.18. The van der Waals surface area contributed by atoms with Crippen LogP contribution in [0.15, 0.2) is 54.2 Å². The fourth-order valence-electron chi connectivity index (χ4n) is 2.57. The Bertz CT molecular complexity index is 835. The second-order valence-corrected chi connectivity index (χ2v) is 5.92. The predicted molar refractivity (Wildman–Crippen MR) is 101 cm³/mol. The van der Waals surface area contributed by atoms with E-state index in [1.807, 2.05) is 38.1 Å². The SMILES string of the molecule is CCc1cccc(C)c1NC(=O)/C(C#N)=C\NCCc1ccc(F)cc1. The number of aryl methyl sites for hydroxylation is 2. The van der Waals surface area contributed by atoms with E-state index >= 15 is 0 Å². The van der Waals surface area contributed by atoms with Crippen molar-refractivity contribution < 1.29 is 9.18 Å². The van der Waals surface area contributed by atoms with Gasteiger partial charge in [0.25, 0.3) is 5.91 Å². The largest absolute Gasteiger partial charge is 0.389 e. The van der Waals surface area contributed by atoms with Gasteiger partial charge in [0.15, 0.2) is 0 Å². The Morgan fingerprint density at radius 1 is 1.23 bits per heavy atom. The fraction of sp³-hybridized carbons (Fsp3) is 0.238. The second kappa shape index (κ2) is 9.38. The molecular weight excluding hydrogens is 329 g/mol. The Morgan fingerprint density at radius 2 is 1.96 bits per heavy atom. The zero-order valence-electron chi connectivity index (χ0n) is 15.0. The molecule has 2 N–H and O–H groups in total. The van der Waals surface area contributed by atoms with Gasteiger partial charge in [-0.1, -0.05) is 37.3 Å². The van der Waals surface area contributed by atoms with Gasteiger partial charge < -0.3 is 10.6 Å². The van der Waals surface area contributed by atoms with E-state index < -0.39 is 5.91 Å². The molecule has 0 spiro atoms. The monoisotopic (exact) mass is 351 g/mol. The van der Waals surface area contributed by atoms with Crippen molar-refractivity contribution in [3.05, 3.63) is 76.7 Å². The summed E-state index contributed by atoms with van der Waals surface area (Å²) in [7, 11) is 0. The Balaban J connectivity index is 1.97. The molecule has 0 bridgehead atoms. The molecule has 1 amide bonds. The molecule has 0 fully saturated rings. The van der Waals surface area contributed by atoms with Crippen LogP contribution >= 0.6 is 0 Å². The number of hydrogen-bond donors (Lipinski definition) is 2. The smallest absolute Gasteiger partial charge is 0.267 e. The molecule has 0 radical (unpaired) electrons. The lowest BCUT2D eigenvalue weighted by atomic mass is 10.1. The maximum atomic E-state index is 12.9. The van der Waals surface area contributed by atoms with E-state index in [0.29, 0.717) is 13.0 Å². The van der Waals surface area contributed by atoms with Gasteiger partial charge in [0.1, 0.15) is 17.5 Å². The average molecular weight is 351 g/mol. The molecule has 2 rings (SSSR count). The maximum Gasteiger partial charge on any atom is 0.267 e. The first-order chi connectivity index (χ1) is 12.5. The summed E-state index contributed by atoms with van der Waals surface area (Å²) in [4.78, 5) is 12.4. The predicted octanol–water partition coefficient (Wildman–Crippen LogP) is 3.87. The first-order valence-electron chi connectivity index (χ1n) is 8.53. The summed E-state index contributed by atoms with van der Waals surface area (Å²) >= 11 is 0. The van der Waals surface area contributed by atoms with Crippen molar-refractivity contribution >= 4 is 11.6 Å². The lowest BCUT2D eigenvalue weighted by Crippen LogP contribution is -2.19. The molecule has 4 nitrogen and oxygen atoms in total. The van der Waals surface area contributed by atoms with Crippen LogP contribution in [0.4, 0.5) is 10.1 Å². The highest BCUT2D eigenvalue weighted by Gasteiger charge is 2.12. The van der Waals surface area contributed by atoms with Crippen molar-refractivity contribution in [2.75, 3.05) is 11.9 Å². The van der Waals surface area contributed by atoms with E-state index in [9.17, 15) is 14.4 Å². The molecule has 0 aromatic heterocycles. The van der Waals surface area contributed by atoms with E-state index in [4.69, 9.17) is 0 Å². The number of amides is 1. The molecule has 0 aliphatic carbocycles. The maximum absolute atomic E-state index is 12.9. The van der Waals surface area contributed by atoms with E-state index in [2.05, 4.69) is 10.6 Å². The van der Waals surface area contributed by atoms with E-state index in [1.54, 1.807) is 12.1 Å². The third-order valence-electron chi connectivity index (χ3n) is 4.06. The van der Waals surface area contributed by atoms with Gasteiger partial charge >= 0.3 is 0 Å². The number of carbonyl (C=O) groups excluding carboxylic acids is 1. The van der Waals surface area contributed by atoms with Crippen LogP contribution < -0.4 is 10.6 Å². The molecule has 0 aliphatic rings. The van der Waals surface area contributed by atoms with Gasteiger partial charge in [0.05, 0.1) is 0 Å². The lowest BCUT2D eigenvalue weighted by Gasteiger charge is -2.12. The normalized spacial score (nSPS) is 10.9. The minimum atomic E-state index is -0.439. The molecule has 134 valence electrons. The number of nitrogens with one attached hydrogen (secondary N) is 2. The zero-order valence-corrected chi connectivity index (χ0v) is 15.0. The van der Waals surface area contributed by atoms with Crippen molar-refractivity contribution in [3.8, 4) is 6.07 Å². The van der Waals surface area contributed by atoms with Crippen LogP contribution in [0.25, 0.3) is 0 Å². The molecular formula is C21H22FN3O. The van der Waals surface area contributed by atoms with Gasteiger partial charge in [-0.25, -0.2) is 4.39 Å². The standard InChI is InChI=1S/C21H22FN3O/c1-3-17-6-4-5-15(2)20(17)25-21(26)18(13-23)14-24-12-11-16-7-9-19(22)10-8-16/h4-10,14,24H,3,11-12H2,1-2H3,(H,25,26)/b18-14-. The van der Waals surface area contributed by atoms with Crippen molar-refractivity contribution in [1.82, 2.24) is 5.32 Å². The van der Waals surface area contributed by atoms with Crippen molar-refractivity contribution in [1.29, 1.82) is 5.26 Å². The van der Waals surface area contributed by atoms with Gasteiger partial charge in [-0.15, -0.1) is 0 Å². The highest BCUT2D eigenvalue weighted by Crippen LogP contribution is 2.21. The number of anilines is 1. The van der Waals surface area contributed by atoms with Crippen LogP contribution in [0.5, 0.6) is 0 Å². The van der Waals surface area contributed by atoms with E-state index in [1.165, 1.54) is 18.3 Å². The van der Waals surface area contributed by atoms with Gasteiger partial charge in [0.2, 0.25) is 0 Å². The van der Waals surface area contributed by atoms with Crippen LogP contribution in [0.2, 0.25) is 0 Å². The first-order valence-corrected chi connectivity index (χ1v) is 8.53. The molecule has 5 heteroatoms. The molecule has 26 heavy (non-hydrogen) atoms. The molecule has 0 atom stereocenters. The fourth-order valence-corrected chi connectivity index (χ4v) is 2.57. The van der Waals surface area contributed by atoms with Gasteiger partial charge in [0, 0.05) is 18.4 Å². The summed E-state index contributed by atoms with van der Waals surface area (Å²) in [6.07, 6.45) is 2.87. The summed E-state index contributed by atoms with van der Waals surface area (Å²) in [5.41, 5.74) is 3.73. The van der Waals surface area contributed by atoms with Gasteiger partial charge in [-0.2, -0.15) is 5.26 Å². The number of nitriles is 1. The molecule has 2 aromatic rings. The summed E-state index contributed by atoms with van der Waals surface area (Å²) in [5, 5.41) is 15.1. The van der Waals surface area contributed by atoms with Crippen molar-refractivity contribution in [2.45, 2.75) is 26.7 Å². The number of benzene rings is 2. The molecule has 0 unspecified atom stereocenters. The Morgan fingerprint density at radius 3 is 2.62 bits per heavy atom. The molecule has 2 aromatic carbocycles. The summed E-state index contributed by atoms with van der Waals surface area (Å²) in [5.74, 6) is -0.710. The van der Waals surface area contributed by atoms with Crippen molar-refractivity contribution in [3.63, 3.8) is 0 Å². The van der Waals surface area contributed by atoms with Gasteiger partial charge in [-0.3, -0.25) is 4.79 Å². The summed E-state index contributed by atoms with van der Waals surface area (Å²) in [6, 6.07) is 14.0. The number of nitrogens with zero attached hydrogens (tertiary/aromatic N) is 1.